The molecule has 0 saturated carbocycles. The summed E-state index contributed by atoms with van der Waals surface area (Å²) in [6.07, 6.45) is 1.56. The summed E-state index contributed by atoms with van der Waals surface area (Å²) in [6.45, 7) is 5.54. The van der Waals surface area contributed by atoms with Crippen molar-refractivity contribution in [2.45, 2.75) is 32.9 Å². The molecule has 19 heavy (non-hydrogen) atoms. The van der Waals surface area contributed by atoms with Crippen LogP contribution in [-0.4, -0.2) is 14.8 Å². The lowest BCUT2D eigenvalue weighted by Gasteiger charge is -2.11. The van der Waals surface area contributed by atoms with E-state index in [2.05, 4.69) is 23.9 Å². The summed E-state index contributed by atoms with van der Waals surface area (Å²) in [5, 5.41) is 4.21. The number of para-hydroxylation sites is 1. The maximum absolute atomic E-state index is 5.88. The lowest BCUT2D eigenvalue weighted by molar-refractivity contribution is 0.280. The van der Waals surface area contributed by atoms with Crippen molar-refractivity contribution in [1.29, 1.82) is 0 Å². The Balaban J connectivity index is 2.04. The zero-order valence-corrected chi connectivity index (χ0v) is 12.0. The third-order valence-electron chi connectivity index (χ3n) is 2.71. The molecule has 4 nitrogen and oxygen atoms in total. The first-order chi connectivity index (χ1) is 9.20. The molecule has 102 valence electrons. The molecule has 0 unspecified atom stereocenters. The first kappa shape index (κ1) is 13.9. The van der Waals surface area contributed by atoms with E-state index in [9.17, 15) is 0 Å². The predicted molar refractivity (Wildman–Crippen MR) is 75.2 cm³/mol. The number of benzene rings is 1. The molecule has 1 aromatic heterocycles. The second-order valence-corrected chi connectivity index (χ2v) is 5.05. The van der Waals surface area contributed by atoms with Crippen molar-refractivity contribution < 1.29 is 4.74 Å². The summed E-state index contributed by atoms with van der Waals surface area (Å²) in [5.74, 6) is 2.60. The SMILES string of the molecule is CC(C)Cn1ncnc1COc1ccccc1CCl. The van der Waals surface area contributed by atoms with Crippen LogP contribution >= 0.6 is 11.6 Å². The fourth-order valence-electron chi connectivity index (χ4n) is 1.80. The second kappa shape index (κ2) is 6.57. The molecular weight excluding hydrogens is 262 g/mol. The third-order valence-corrected chi connectivity index (χ3v) is 3.00. The van der Waals surface area contributed by atoms with Crippen LogP contribution in [0.25, 0.3) is 0 Å². The number of halogens is 1. The Kier molecular flexibility index (Phi) is 4.80. The fourth-order valence-corrected chi connectivity index (χ4v) is 2.02. The monoisotopic (exact) mass is 279 g/mol. The molecule has 2 rings (SSSR count). The lowest BCUT2D eigenvalue weighted by Crippen LogP contribution is -2.12. The molecule has 0 amide bonds. The normalized spacial score (nSPS) is 10.9. The van der Waals surface area contributed by atoms with Crippen molar-refractivity contribution in [3.63, 3.8) is 0 Å². The summed E-state index contributed by atoms with van der Waals surface area (Å²) in [4.78, 5) is 4.23. The Morgan fingerprint density at radius 1 is 1.32 bits per heavy atom. The van der Waals surface area contributed by atoms with E-state index in [1.807, 2.05) is 28.9 Å². The molecule has 5 heteroatoms. The van der Waals surface area contributed by atoms with Gasteiger partial charge in [0, 0.05) is 12.1 Å². The minimum atomic E-state index is 0.403. The summed E-state index contributed by atoms with van der Waals surface area (Å²) in [5.41, 5.74) is 0.985. The molecule has 0 aliphatic heterocycles. The molecule has 1 heterocycles. The second-order valence-electron chi connectivity index (χ2n) is 4.78. The Bertz CT molecular complexity index is 525. The Hall–Kier alpha value is -1.55. The number of ether oxygens (including phenoxy) is 1. The average Bonchev–Trinajstić information content (AvgIpc) is 2.83. The van der Waals surface area contributed by atoms with E-state index in [0.29, 0.717) is 18.4 Å². The van der Waals surface area contributed by atoms with Gasteiger partial charge < -0.3 is 4.74 Å². The van der Waals surface area contributed by atoms with Crippen LogP contribution < -0.4 is 4.74 Å². The van der Waals surface area contributed by atoms with Crippen LogP contribution in [0.4, 0.5) is 0 Å². The van der Waals surface area contributed by atoms with E-state index >= 15 is 0 Å². The first-order valence-electron chi connectivity index (χ1n) is 6.34. The van der Waals surface area contributed by atoms with E-state index in [1.165, 1.54) is 0 Å². The van der Waals surface area contributed by atoms with Crippen LogP contribution in [0.1, 0.15) is 25.2 Å². The highest BCUT2D eigenvalue weighted by Crippen LogP contribution is 2.20. The molecule has 0 atom stereocenters. The topological polar surface area (TPSA) is 39.9 Å². The van der Waals surface area contributed by atoms with Crippen LogP contribution in [0.15, 0.2) is 30.6 Å². The number of rotatable bonds is 6. The van der Waals surface area contributed by atoms with E-state index in [0.717, 1.165) is 23.7 Å². The van der Waals surface area contributed by atoms with E-state index < -0.39 is 0 Å². The van der Waals surface area contributed by atoms with Crippen LogP contribution in [0.3, 0.4) is 0 Å². The highest BCUT2D eigenvalue weighted by atomic mass is 35.5. The van der Waals surface area contributed by atoms with Gasteiger partial charge in [0.1, 0.15) is 18.7 Å². The van der Waals surface area contributed by atoms with Gasteiger partial charge in [0.25, 0.3) is 0 Å². The van der Waals surface area contributed by atoms with E-state index in [1.54, 1.807) is 6.33 Å². The van der Waals surface area contributed by atoms with Gasteiger partial charge in [-0.15, -0.1) is 11.6 Å². The molecule has 0 saturated heterocycles. The Morgan fingerprint density at radius 2 is 2.11 bits per heavy atom. The zero-order chi connectivity index (χ0) is 13.7. The lowest BCUT2D eigenvalue weighted by atomic mass is 10.2. The van der Waals surface area contributed by atoms with E-state index in [-0.39, 0.29) is 0 Å². The predicted octanol–water partition coefficient (Wildman–Crippen LogP) is 3.25. The minimum absolute atomic E-state index is 0.403. The van der Waals surface area contributed by atoms with Crippen molar-refractivity contribution in [1.82, 2.24) is 14.8 Å². The van der Waals surface area contributed by atoms with Crippen molar-refractivity contribution >= 4 is 11.6 Å². The molecule has 0 bridgehead atoms. The van der Waals surface area contributed by atoms with Gasteiger partial charge in [0.15, 0.2) is 5.82 Å². The van der Waals surface area contributed by atoms with Gasteiger partial charge in [0.2, 0.25) is 0 Å². The number of hydrogen-bond acceptors (Lipinski definition) is 3. The average molecular weight is 280 g/mol. The molecule has 0 aliphatic carbocycles. The largest absolute Gasteiger partial charge is 0.485 e. The standard InChI is InChI=1S/C14H18ClN3O/c1-11(2)8-18-14(16-10-17-18)9-19-13-6-4-3-5-12(13)7-15/h3-6,10-11H,7-9H2,1-2H3. The number of alkyl halides is 1. The van der Waals surface area contributed by atoms with Gasteiger partial charge in [-0.2, -0.15) is 5.10 Å². The summed E-state index contributed by atoms with van der Waals surface area (Å²) in [6, 6.07) is 7.76. The molecule has 1 aromatic carbocycles. The van der Waals surface area contributed by atoms with Crippen molar-refractivity contribution in [3.8, 4) is 5.75 Å². The molecular formula is C14H18ClN3O. The molecule has 0 N–H and O–H groups in total. The molecule has 0 spiro atoms. The van der Waals surface area contributed by atoms with Gasteiger partial charge in [-0.1, -0.05) is 32.0 Å². The molecule has 0 fully saturated rings. The number of aromatic nitrogens is 3. The van der Waals surface area contributed by atoms with Gasteiger partial charge >= 0.3 is 0 Å². The van der Waals surface area contributed by atoms with Crippen molar-refractivity contribution in [3.05, 3.63) is 42.0 Å². The highest BCUT2D eigenvalue weighted by Gasteiger charge is 2.08. The smallest absolute Gasteiger partial charge is 0.164 e. The minimum Gasteiger partial charge on any atom is -0.485 e. The molecule has 2 aromatic rings. The zero-order valence-electron chi connectivity index (χ0n) is 11.2. The Morgan fingerprint density at radius 3 is 2.84 bits per heavy atom. The first-order valence-corrected chi connectivity index (χ1v) is 6.87. The van der Waals surface area contributed by atoms with Crippen molar-refractivity contribution in [2.75, 3.05) is 0 Å². The van der Waals surface area contributed by atoms with Gasteiger partial charge in [-0.25, -0.2) is 9.67 Å². The van der Waals surface area contributed by atoms with Gasteiger partial charge in [-0.3, -0.25) is 0 Å². The number of hydrogen-bond donors (Lipinski definition) is 0. The van der Waals surface area contributed by atoms with Crippen molar-refractivity contribution in [2.24, 2.45) is 5.92 Å². The highest BCUT2D eigenvalue weighted by molar-refractivity contribution is 6.17. The van der Waals surface area contributed by atoms with Gasteiger partial charge in [0.05, 0.1) is 5.88 Å². The summed E-state index contributed by atoms with van der Waals surface area (Å²) >= 11 is 5.88. The fraction of sp³-hybridized carbons (Fsp3) is 0.429. The molecule has 0 aliphatic rings. The molecule has 0 radical (unpaired) electrons. The van der Waals surface area contributed by atoms with Crippen LogP contribution in [0.5, 0.6) is 5.75 Å². The van der Waals surface area contributed by atoms with Gasteiger partial charge in [-0.05, 0) is 12.0 Å². The maximum Gasteiger partial charge on any atom is 0.164 e. The maximum atomic E-state index is 5.88. The van der Waals surface area contributed by atoms with Crippen LogP contribution in [0, 0.1) is 5.92 Å². The number of nitrogens with zero attached hydrogens (tertiary/aromatic N) is 3. The van der Waals surface area contributed by atoms with Crippen LogP contribution in [0.2, 0.25) is 0 Å². The third kappa shape index (κ3) is 3.70. The quantitative estimate of drug-likeness (QED) is 0.762. The van der Waals surface area contributed by atoms with Crippen LogP contribution in [-0.2, 0) is 19.0 Å². The summed E-state index contributed by atoms with van der Waals surface area (Å²) < 4.78 is 7.67. The van der Waals surface area contributed by atoms with E-state index in [4.69, 9.17) is 16.3 Å². The Labute approximate surface area is 118 Å². The summed E-state index contributed by atoms with van der Waals surface area (Å²) in [7, 11) is 0.